The summed E-state index contributed by atoms with van der Waals surface area (Å²) >= 11 is 1.79. The standard InChI is InChI=1S/C15H20N2OS/c1-10(12-7-8-18-9-12)16-11(2)15-17-13-5-3-4-6-14(13)19-15/h3-6,10-12,16H,7-9H2,1-2H3. The zero-order chi connectivity index (χ0) is 13.2. The van der Waals surface area contributed by atoms with Gasteiger partial charge in [-0.3, -0.25) is 0 Å². The zero-order valence-corrected chi connectivity index (χ0v) is 12.2. The Labute approximate surface area is 118 Å². The monoisotopic (exact) mass is 276 g/mol. The highest BCUT2D eigenvalue weighted by Crippen LogP contribution is 2.27. The van der Waals surface area contributed by atoms with Crippen LogP contribution in [-0.2, 0) is 4.74 Å². The van der Waals surface area contributed by atoms with Crippen LogP contribution in [0.5, 0.6) is 0 Å². The normalized spacial score (nSPS) is 22.7. The molecule has 1 aromatic heterocycles. The lowest BCUT2D eigenvalue weighted by Crippen LogP contribution is -2.35. The highest BCUT2D eigenvalue weighted by atomic mass is 32.1. The van der Waals surface area contributed by atoms with Crippen LogP contribution in [0.1, 0.15) is 31.3 Å². The molecule has 0 radical (unpaired) electrons. The quantitative estimate of drug-likeness (QED) is 0.929. The van der Waals surface area contributed by atoms with Crippen LogP contribution < -0.4 is 5.32 Å². The maximum Gasteiger partial charge on any atom is 0.111 e. The number of ether oxygens (including phenoxy) is 1. The number of nitrogens with one attached hydrogen (secondary N) is 1. The first kappa shape index (κ1) is 13.0. The minimum Gasteiger partial charge on any atom is -0.381 e. The molecule has 3 unspecified atom stereocenters. The summed E-state index contributed by atoms with van der Waals surface area (Å²) in [6, 6.07) is 9.11. The molecule has 0 amide bonds. The molecule has 0 aliphatic carbocycles. The molecule has 2 aromatic rings. The smallest absolute Gasteiger partial charge is 0.111 e. The zero-order valence-electron chi connectivity index (χ0n) is 11.4. The number of thiazole rings is 1. The maximum absolute atomic E-state index is 5.46. The van der Waals surface area contributed by atoms with Crippen LogP contribution in [0.15, 0.2) is 24.3 Å². The third-order valence-electron chi connectivity index (χ3n) is 3.87. The summed E-state index contributed by atoms with van der Waals surface area (Å²) in [7, 11) is 0. The van der Waals surface area contributed by atoms with E-state index < -0.39 is 0 Å². The first-order chi connectivity index (χ1) is 9.24. The Morgan fingerprint density at radius 1 is 1.37 bits per heavy atom. The number of rotatable bonds is 4. The molecule has 3 rings (SSSR count). The van der Waals surface area contributed by atoms with E-state index in [1.54, 1.807) is 11.3 Å². The van der Waals surface area contributed by atoms with E-state index in [0.717, 1.165) is 18.7 Å². The Kier molecular flexibility index (Phi) is 3.82. The van der Waals surface area contributed by atoms with E-state index in [4.69, 9.17) is 9.72 Å². The number of hydrogen-bond acceptors (Lipinski definition) is 4. The van der Waals surface area contributed by atoms with Crippen molar-refractivity contribution >= 4 is 21.6 Å². The summed E-state index contributed by atoms with van der Waals surface area (Å²) in [4.78, 5) is 4.72. The minimum atomic E-state index is 0.299. The van der Waals surface area contributed by atoms with Crippen LogP contribution in [0, 0.1) is 5.92 Å². The van der Waals surface area contributed by atoms with E-state index in [-0.39, 0.29) is 0 Å². The maximum atomic E-state index is 5.46. The number of para-hydroxylation sites is 1. The van der Waals surface area contributed by atoms with Crippen molar-refractivity contribution in [3.8, 4) is 0 Å². The molecule has 1 saturated heterocycles. The molecule has 4 heteroatoms. The molecule has 0 spiro atoms. The van der Waals surface area contributed by atoms with Gasteiger partial charge >= 0.3 is 0 Å². The molecule has 19 heavy (non-hydrogen) atoms. The fourth-order valence-corrected chi connectivity index (χ4v) is 3.60. The van der Waals surface area contributed by atoms with Gasteiger partial charge in [0.15, 0.2) is 0 Å². The van der Waals surface area contributed by atoms with Gasteiger partial charge in [0.1, 0.15) is 5.01 Å². The second kappa shape index (κ2) is 5.57. The molecular weight excluding hydrogens is 256 g/mol. The van der Waals surface area contributed by atoms with Crippen molar-refractivity contribution in [1.82, 2.24) is 10.3 Å². The van der Waals surface area contributed by atoms with E-state index in [0.29, 0.717) is 18.0 Å². The number of hydrogen-bond donors (Lipinski definition) is 1. The van der Waals surface area contributed by atoms with Crippen molar-refractivity contribution in [1.29, 1.82) is 0 Å². The Hall–Kier alpha value is -0.970. The lowest BCUT2D eigenvalue weighted by Gasteiger charge is -2.22. The Bertz CT molecular complexity index is 515. The first-order valence-electron chi connectivity index (χ1n) is 6.93. The summed E-state index contributed by atoms with van der Waals surface area (Å²) in [6.45, 7) is 6.25. The Morgan fingerprint density at radius 2 is 2.21 bits per heavy atom. The molecule has 0 saturated carbocycles. The molecule has 1 aliphatic heterocycles. The van der Waals surface area contributed by atoms with Crippen LogP contribution in [0.4, 0.5) is 0 Å². The summed E-state index contributed by atoms with van der Waals surface area (Å²) < 4.78 is 6.73. The van der Waals surface area contributed by atoms with Gasteiger partial charge in [0.2, 0.25) is 0 Å². The molecule has 3 atom stereocenters. The van der Waals surface area contributed by atoms with Crippen LogP contribution in [0.2, 0.25) is 0 Å². The van der Waals surface area contributed by atoms with Gasteiger partial charge in [0, 0.05) is 12.6 Å². The van der Waals surface area contributed by atoms with E-state index in [1.165, 1.54) is 16.1 Å². The molecule has 3 nitrogen and oxygen atoms in total. The van der Waals surface area contributed by atoms with Crippen molar-refractivity contribution in [2.75, 3.05) is 13.2 Å². The summed E-state index contributed by atoms with van der Waals surface area (Å²) in [5.41, 5.74) is 1.10. The van der Waals surface area contributed by atoms with Gasteiger partial charge in [-0.1, -0.05) is 12.1 Å². The second-order valence-electron chi connectivity index (χ2n) is 5.32. The Balaban J connectivity index is 1.70. The third kappa shape index (κ3) is 2.81. The molecule has 1 N–H and O–H groups in total. The van der Waals surface area contributed by atoms with E-state index >= 15 is 0 Å². The van der Waals surface area contributed by atoms with Crippen molar-refractivity contribution in [2.24, 2.45) is 5.92 Å². The largest absolute Gasteiger partial charge is 0.381 e. The molecule has 1 fully saturated rings. The van der Waals surface area contributed by atoms with Crippen molar-refractivity contribution in [3.05, 3.63) is 29.3 Å². The van der Waals surface area contributed by atoms with Crippen LogP contribution in [0.3, 0.4) is 0 Å². The lowest BCUT2D eigenvalue weighted by molar-refractivity contribution is 0.177. The summed E-state index contributed by atoms with van der Waals surface area (Å²) in [5, 5.41) is 4.84. The number of fused-ring (bicyclic) bond motifs is 1. The lowest BCUT2D eigenvalue weighted by atomic mass is 10.00. The third-order valence-corrected chi connectivity index (χ3v) is 5.08. The number of aromatic nitrogens is 1. The fourth-order valence-electron chi connectivity index (χ4n) is 2.62. The van der Waals surface area contributed by atoms with Crippen LogP contribution >= 0.6 is 11.3 Å². The molecule has 0 bridgehead atoms. The van der Waals surface area contributed by atoms with E-state index in [1.807, 2.05) is 6.07 Å². The highest BCUT2D eigenvalue weighted by molar-refractivity contribution is 7.18. The Morgan fingerprint density at radius 3 is 2.95 bits per heavy atom. The van der Waals surface area contributed by atoms with Gasteiger partial charge in [-0.05, 0) is 38.3 Å². The van der Waals surface area contributed by atoms with Gasteiger partial charge in [-0.25, -0.2) is 4.98 Å². The fraction of sp³-hybridized carbons (Fsp3) is 0.533. The van der Waals surface area contributed by atoms with Gasteiger partial charge in [0.05, 0.1) is 22.9 Å². The number of benzene rings is 1. The average molecular weight is 276 g/mol. The SMILES string of the molecule is CC(NC(C)C1CCOC1)c1nc2ccccc2s1. The molecule has 102 valence electrons. The predicted octanol–water partition coefficient (Wildman–Crippen LogP) is 3.37. The van der Waals surface area contributed by atoms with Gasteiger partial charge in [0.25, 0.3) is 0 Å². The average Bonchev–Trinajstić information content (AvgIpc) is 3.07. The second-order valence-corrected chi connectivity index (χ2v) is 6.38. The highest BCUT2D eigenvalue weighted by Gasteiger charge is 2.24. The van der Waals surface area contributed by atoms with Gasteiger partial charge in [-0.15, -0.1) is 11.3 Å². The molecule has 1 aliphatic rings. The van der Waals surface area contributed by atoms with Gasteiger partial charge in [-0.2, -0.15) is 0 Å². The van der Waals surface area contributed by atoms with Crippen molar-refractivity contribution in [2.45, 2.75) is 32.4 Å². The minimum absolute atomic E-state index is 0.299. The molecule has 2 heterocycles. The summed E-state index contributed by atoms with van der Waals surface area (Å²) in [6.07, 6.45) is 1.17. The predicted molar refractivity (Wildman–Crippen MR) is 79.6 cm³/mol. The molecule has 1 aromatic carbocycles. The molecular formula is C15H20N2OS. The van der Waals surface area contributed by atoms with Crippen molar-refractivity contribution < 1.29 is 4.74 Å². The van der Waals surface area contributed by atoms with Crippen molar-refractivity contribution in [3.63, 3.8) is 0 Å². The van der Waals surface area contributed by atoms with E-state index in [9.17, 15) is 0 Å². The van der Waals surface area contributed by atoms with Crippen LogP contribution in [0.25, 0.3) is 10.2 Å². The number of nitrogens with zero attached hydrogens (tertiary/aromatic N) is 1. The van der Waals surface area contributed by atoms with Crippen LogP contribution in [-0.4, -0.2) is 24.2 Å². The first-order valence-corrected chi connectivity index (χ1v) is 7.75. The topological polar surface area (TPSA) is 34.1 Å². The van der Waals surface area contributed by atoms with E-state index in [2.05, 4.69) is 37.4 Å². The van der Waals surface area contributed by atoms with Gasteiger partial charge < -0.3 is 10.1 Å². The summed E-state index contributed by atoms with van der Waals surface area (Å²) in [5.74, 6) is 0.636.